The number of rotatable bonds is 6. The van der Waals surface area contributed by atoms with Crippen molar-refractivity contribution in [1.29, 1.82) is 0 Å². The molecule has 138 valence electrons. The average Bonchev–Trinajstić information content (AvgIpc) is 3.16. The quantitative estimate of drug-likeness (QED) is 0.803. The number of nitrogens with one attached hydrogen (secondary N) is 1. The predicted molar refractivity (Wildman–Crippen MR) is 95.5 cm³/mol. The SMILES string of the molecule is CC(OC(=O)c1ccc(Cn2cncn2)cc1)C(=O)NC1CCCCC1. The summed E-state index contributed by atoms with van der Waals surface area (Å²) < 4.78 is 7.01. The summed E-state index contributed by atoms with van der Waals surface area (Å²) in [6.45, 7) is 2.19. The molecule has 1 aromatic heterocycles. The molecule has 0 radical (unpaired) electrons. The molecule has 0 bridgehead atoms. The van der Waals surface area contributed by atoms with Crippen molar-refractivity contribution in [2.75, 3.05) is 0 Å². The van der Waals surface area contributed by atoms with E-state index in [0.29, 0.717) is 12.1 Å². The van der Waals surface area contributed by atoms with Gasteiger partial charge in [0.1, 0.15) is 12.7 Å². The molecule has 1 aliphatic carbocycles. The molecule has 3 rings (SSSR count). The number of hydrogen-bond acceptors (Lipinski definition) is 5. The van der Waals surface area contributed by atoms with Gasteiger partial charge in [0.05, 0.1) is 12.1 Å². The Bertz CT molecular complexity index is 722. The molecule has 1 fully saturated rings. The van der Waals surface area contributed by atoms with E-state index in [9.17, 15) is 9.59 Å². The van der Waals surface area contributed by atoms with Crippen molar-refractivity contribution < 1.29 is 14.3 Å². The maximum atomic E-state index is 12.3. The summed E-state index contributed by atoms with van der Waals surface area (Å²) in [5.74, 6) is -0.725. The molecule has 1 heterocycles. The fourth-order valence-electron chi connectivity index (χ4n) is 3.10. The van der Waals surface area contributed by atoms with E-state index < -0.39 is 12.1 Å². The first kappa shape index (κ1) is 18.1. The Balaban J connectivity index is 1.50. The number of amides is 1. The zero-order valence-electron chi connectivity index (χ0n) is 14.9. The number of aromatic nitrogens is 3. The number of nitrogens with zero attached hydrogens (tertiary/aromatic N) is 3. The fourth-order valence-corrected chi connectivity index (χ4v) is 3.10. The first-order valence-electron chi connectivity index (χ1n) is 9.04. The minimum absolute atomic E-state index is 0.202. The molecule has 2 aromatic rings. The summed E-state index contributed by atoms with van der Waals surface area (Å²) in [5.41, 5.74) is 1.42. The van der Waals surface area contributed by atoms with Gasteiger partial charge in [-0.1, -0.05) is 31.4 Å². The van der Waals surface area contributed by atoms with Gasteiger partial charge in [-0.25, -0.2) is 14.5 Å². The van der Waals surface area contributed by atoms with Gasteiger partial charge < -0.3 is 10.1 Å². The van der Waals surface area contributed by atoms with Crippen molar-refractivity contribution in [1.82, 2.24) is 20.1 Å². The summed E-state index contributed by atoms with van der Waals surface area (Å²) in [6.07, 6.45) is 7.81. The fraction of sp³-hybridized carbons (Fsp3) is 0.474. The van der Waals surface area contributed by atoms with Crippen molar-refractivity contribution in [3.8, 4) is 0 Å². The summed E-state index contributed by atoms with van der Waals surface area (Å²) >= 11 is 0. The summed E-state index contributed by atoms with van der Waals surface area (Å²) in [5, 5.41) is 7.02. The Morgan fingerprint density at radius 1 is 1.23 bits per heavy atom. The van der Waals surface area contributed by atoms with Crippen LogP contribution in [0.2, 0.25) is 0 Å². The molecule has 0 saturated heterocycles. The monoisotopic (exact) mass is 356 g/mol. The van der Waals surface area contributed by atoms with Crippen LogP contribution in [-0.2, 0) is 16.1 Å². The van der Waals surface area contributed by atoms with Crippen LogP contribution in [0, 0.1) is 0 Å². The minimum Gasteiger partial charge on any atom is -0.449 e. The van der Waals surface area contributed by atoms with Crippen molar-refractivity contribution >= 4 is 11.9 Å². The van der Waals surface area contributed by atoms with Gasteiger partial charge in [0.15, 0.2) is 6.10 Å². The molecule has 7 nitrogen and oxygen atoms in total. The first-order chi connectivity index (χ1) is 12.6. The van der Waals surface area contributed by atoms with Gasteiger partial charge in [0.2, 0.25) is 0 Å². The third-order valence-corrected chi connectivity index (χ3v) is 4.61. The highest BCUT2D eigenvalue weighted by atomic mass is 16.5. The Labute approximate surface area is 152 Å². The lowest BCUT2D eigenvalue weighted by Gasteiger charge is -2.24. The average molecular weight is 356 g/mol. The molecule has 0 spiro atoms. The molecule has 1 unspecified atom stereocenters. The molecule has 26 heavy (non-hydrogen) atoms. The lowest BCUT2D eigenvalue weighted by atomic mass is 9.95. The van der Waals surface area contributed by atoms with Crippen LogP contribution in [0.15, 0.2) is 36.9 Å². The highest BCUT2D eigenvalue weighted by Crippen LogP contribution is 2.17. The van der Waals surface area contributed by atoms with Crippen LogP contribution in [0.4, 0.5) is 0 Å². The Kier molecular flexibility index (Phi) is 5.99. The summed E-state index contributed by atoms with van der Waals surface area (Å²) in [7, 11) is 0. The van der Waals surface area contributed by atoms with E-state index in [4.69, 9.17) is 4.74 Å². The lowest BCUT2D eigenvalue weighted by Crippen LogP contribution is -2.42. The van der Waals surface area contributed by atoms with Crippen LogP contribution < -0.4 is 5.32 Å². The Morgan fingerprint density at radius 3 is 2.62 bits per heavy atom. The highest BCUT2D eigenvalue weighted by molar-refractivity contribution is 5.92. The van der Waals surface area contributed by atoms with Crippen molar-refractivity contribution in [2.45, 2.75) is 57.7 Å². The molecule has 0 aliphatic heterocycles. The van der Waals surface area contributed by atoms with Gasteiger partial charge in [-0.15, -0.1) is 0 Å². The van der Waals surface area contributed by atoms with Crippen LogP contribution in [0.1, 0.15) is 54.9 Å². The van der Waals surface area contributed by atoms with Crippen molar-refractivity contribution in [3.05, 3.63) is 48.0 Å². The number of carbonyl (C=O) groups excluding carboxylic acids is 2. The second kappa shape index (κ2) is 8.60. The van der Waals surface area contributed by atoms with E-state index in [1.807, 2.05) is 12.1 Å². The van der Waals surface area contributed by atoms with Crippen LogP contribution in [-0.4, -0.2) is 38.8 Å². The van der Waals surface area contributed by atoms with E-state index >= 15 is 0 Å². The van der Waals surface area contributed by atoms with Gasteiger partial charge in [-0.2, -0.15) is 5.10 Å². The summed E-state index contributed by atoms with van der Waals surface area (Å²) in [6, 6.07) is 7.27. The van der Waals surface area contributed by atoms with Gasteiger partial charge in [-0.3, -0.25) is 4.79 Å². The molecule has 1 aliphatic rings. The van der Waals surface area contributed by atoms with Gasteiger partial charge in [0.25, 0.3) is 5.91 Å². The van der Waals surface area contributed by atoms with E-state index in [1.165, 1.54) is 12.7 Å². The number of ether oxygens (including phenoxy) is 1. The van der Waals surface area contributed by atoms with Crippen LogP contribution in [0.5, 0.6) is 0 Å². The third-order valence-electron chi connectivity index (χ3n) is 4.61. The predicted octanol–water partition coefficient (Wildman–Crippen LogP) is 2.32. The second-order valence-corrected chi connectivity index (χ2v) is 6.68. The number of carbonyl (C=O) groups is 2. The van der Waals surface area contributed by atoms with E-state index in [0.717, 1.165) is 31.2 Å². The van der Waals surface area contributed by atoms with Crippen LogP contribution in [0.3, 0.4) is 0 Å². The van der Waals surface area contributed by atoms with E-state index in [2.05, 4.69) is 15.4 Å². The molecular formula is C19H24N4O3. The first-order valence-corrected chi connectivity index (χ1v) is 9.04. The van der Waals surface area contributed by atoms with Gasteiger partial charge >= 0.3 is 5.97 Å². The third kappa shape index (κ3) is 4.91. The molecule has 1 saturated carbocycles. The van der Waals surface area contributed by atoms with E-state index in [-0.39, 0.29) is 11.9 Å². The lowest BCUT2D eigenvalue weighted by molar-refractivity contribution is -0.130. The molecule has 7 heteroatoms. The number of hydrogen-bond donors (Lipinski definition) is 1. The molecule has 1 N–H and O–H groups in total. The van der Waals surface area contributed by atoms with Crippen LogP contribution >= 0.6 is 0 Å². The molecule has 1 aromatic carbocycles. The largest absolute Gasteiger partial charge is 0.449 e. The maximum absolute atomic E-state index is 12.3. The zero-order valence-corrected chi connectivity index (χ0v) is 14.9. The molecule has 1 amide bonds. The Hall–Kier alpha value is -2.70. The standard InChI is InChI=1S/C19H24N4O3/c1-14(18(24)22-17-5-3-2-4-6-17)26-19(25)16-9-7-15(8-10-16)11-23-13-20-12-21-23/h7-10,12-14,17H,2-6,11H2,1H3,(H,22,24). The normalized spacial score (nSPS) is 16.0. The molecule has 1 atom stereocenters. The minimum atomic E-state index is -0.806. The highest BCUT2D eigenvalue weighted by Gasteiger charge is 2.22. The number of benzene rings is 1. The Morgan fingerprint density at radius 2 is 1.96 bits per heavy atom. The summed E-state index contributed by atoms with van der Waals surface area (Å²) in [4.78, 5) is 28.4. The van der Waals surface area contributed by atoms with Crippen molar-refractivity contribution in [2.24, 2.45) is 0 Å². The second-order valence-electron chi connectivity index (χ2n) is 6.68. The number of esters is 1. The van der Waals surface area contributed by atoms with Crippen LogP contribution in [0.25, 0.3) is 0 Å². The van der Waals surface area contributed by atoms with Gasteiger partial charge in [0, 0.05) is 6.04 Å². The topological polar surface area (TPSA) is 86.1 Å². The molecular weight excluding hydrogens is 332 g/mol. The van der Waals surface area contributed by atoms with Gasteiger partial charge in [-0.05, 0) is 37.5 Å². The smallest absolute Gasteiger partial charge is 0.338 e. The van der Waals surface area contributed by atoms with Crippen molar-refractivity contribution in [3.63, 3.8) is 0 Å². The van der Waals surface area contributed by atoms with E-state index in [1.54, 1.807) is 30.1 Å². The zero-order chi connectivity index (χ0) is 18.4. The maximum Gasteiger partial charge on any atom is 0.338 e.